The Bertz CT molecular complexity index is 552. The molecule has 0 aliphatic carbocycles. The number of hydrogen-bond acceptors (Lipinski definition) is 5. The number of nitrogens with zero attached hydrogens (tertiary/aromatic N) is 3. The van der Waals surface area contributed by atoms with Gasteiger partial charge in [-0.1, -0.05) is 0 Å². The smallest absolute Gasteiger partial charge is 0.169 e. The predicted octanol–water partition coefficient (Wildman–Crippen LogP) is 0.0825. The average Bonchev–Trinajstić information content (AvgIpc) is 2.90. The van der Waals surface area contributed by atoms with E-state index in [-0.39, 0.29) is 18.3 Å². The van der Waals surface area contributed by atoms with Gasteiger partial charge in [0.15, 0.2) is 15.7 Å². The molecular weight excluding hydrogens is 254 g/mol. The Hall–Kier alpha value is -0.950. The third-order valence-corrected chi connectivity index (χ3v) is 6.03. The third-order valence-electron chi connectivity index (χ3n) is 3.86. The number of hydrogen-bond donors (Lipinski definition) is 1. The van der Waals surface area contributed by atoms with Gasteiger partial charge in [0.2, 0.25) is 0 Å². The number of fused-ring (bicyclic) bond motifs is 1. The molecule has 1 saturated heterocycles. The Balaban J connectivity index is 1.90. The highest BCUT2D eigenvalue weighted by Gasteiger charge is 2.36. The van der Waals surface area contributed by atoms with Gasteiger partial charge in [-0.05, 0) is 25.2 Å². The van der Waals surface area contributed by atoms with Crippen molar-refractivity contribution >= 4 is 9.84 Å². The van der Waals surface area contributed by atoms with Crippen LogP contribution in [0.5, 0.6) is 0 Å². The lowest BCUT2D eigenvalue weighted by molar-refractivity contribution is 0.196. The molecule has 2 atom stereocenters. The largest absolute Gasteiger partial charge is 0.396 e. The second-order valence-electron chi connectivity index (χ2n) is 5.15. The molecule has 7 heteroatoms. The summed E-state index contributed by atoms with van der Waals surface area (Å²) in [5.74, 6) is 1.76. The van der Waals surface area contributed by atoms with Gasteiger partial charge in [0.25, 0.3) is 0 Å². The van der Waals surface area contributed by atoms with Crippen LogP contribution in [0.1, 0.15) is 36.2 Å². The van der Waals surface area contributed by atoms with E-state index in [4.69, 9.17) is 5.11 Å². The number of aryl methyl sites for hydroxylation is 1. The van der Waals surface area contributed by atoms with E-state index in [2.05, 4.69) is 10.1 Å². The normalized spacial score (nSPS) is 30.3. The molecule has 0 radical (unpaired) electrons. The van der Waals surface area contributed by atoms with Crippen molar-refractivity contribution in [2.45, 2.75) is 37.5 Å². The van der Waals surface area contributed by atoms with Crippen LogP contribution in [0.2, 0.25) is 0 Å². The van der Waals surface area contributed by atoms with Crippen LogP contribution in [0, 0.1) is 5.92 Å². The zero-order valence-corrected chi connectivity index (χ0v) is 10.9. The van der Waals surface area contributed by atoms with Crippen molar-refractivity contribution in [2.24, 2.45) is 5.92 Å². The summed E-state index contributed by atoms with van der Waals surface area (Å²) in [7, 11) is -3.05. The summed E-state index contributed by atoms with van der Waals surface area (Å²) >= 11 is 0. The lowest BCUT2D eigenvalue weighted by atomic mass is 9.99. The van der Waals surface area contributed by atoms with Gasteiger partial charge in [-0.15, -0.1) is 0 Å². The zero-order chi connectivity index (χ0) is 12.8. The van der Waals surface area contributed by atoms with E-state index in [1.54, 1.807) is 4.68 Å². The number of aromatic nitrogens is 3. The van der Waals surface area contributed by atoms with Gasteiger partial charge in [0, 0.05) is 19.6 Å². The highest BCUT2D eigenvalue weighted by atomic mass is 32.2. The minimum atomic E-state index is -3.05. The number of aliphatic hydroxyl groups is 1. The maximum atomic E-state index is 11.9. The van der Waals surface area contributed by atoms with Crippen LogP contribution < -0.4 is 0 Å². The zero-order valence-electron chi connectivity index (χ0n) is 10.1. The maximum absolute atomic E-state index is 11.9. The van der Waals surface area contributed by atoms with Gasteiger partial charge in [-0.25, -0.2) is 18.1 Å². The van der Waals surface area contributed by atoms with Crippen molar-refractivity contribution < 1.29 is 13.5 Å². The topological polar surface area (TPSA) is 85.1 Å². The van der Waals surface area contributed by atoms with Crippen molar-refractivity contribution in [1.29, 1.82) is 0 Å². The maximum Gasteiger partial charge on any atom is 0.169 e. The van der Waals surface area contributed by atoms with E-state index in [0.29, 0.717) is 25.1 Å². The van der Waals surface area contributed by atoms with E-state index in [0.717, 1.165) is 18.8 Å². The third kappa shape index (κ3) is 1.95. The molecule has 2 aliphatic rings. The summed E-state index contributed by atoms with van der Waals surface area (Å²) in [5.41, 5.74) is 0. The van der Waals surface area contributed by atoms with E-state index in [9.17, 15) is 8.42 Å². The second kappa shape index (κ2) is 4.31. The van der Waals surface area contributed by atoms with E-state index in [1.165, 1.54) is 0 Å². The quantitative estimate of drug-likeness (QED) is 0.823. The molecule has 3 heterocycles. The molecule has 1 aromatic rings. The fourth-order valence-corrected chi connectivity index (χ4v) is 4.56. The van der Waals surface area contributed by atoms with Crippen molar-refractivity contribution in [2.75, 3.05) is 12.4 Å². The van der Waals surface area contributed by atoms with Gasteiger partial charge in [0.1, 0.15) is 11.1 Å². The van der Waals surface area contributed by atoms with Crippen LogP contribution in [0.4, 0.5) is 0 Å². The predicted molar refractivity (Wildman–Crippen MR) is 64.7 cm³/mol. The minimum Gasteiger partial charge on any atom is -0.396 e. The summed E-state index contributed by atoms with van der Waals surface area (Å²) in [6.07, 6.45) is 2.91. The fraction of sp³-hybridized carbons (Fsp3) is 0.818. The van der Waals surface area contributed by atoms with E-state index < -0.39 is 15.1 Å². The van der Waals surface area contributed by atoms with Gasteiger partial charge >= 0.3 is 0 Å². The molecule has 2 unspecified atom stereocenters. The van der Waals surface area contributed by atoms with Gasteiger partial charge in [-0.2, -0.15) is 5.10 Å². The Kier molecular flexibility index (Phi) is 2.90. The lowest BCUT2D eigenvalue weighted by Gasteiger charge is -2.19. The van der Waals surface area contributed by atoms with E-state index >= 15 is 0 Å². The van der Waals surface area contributed by atoms with Crippen molar-refractivity contribution in [1.82, 2.24) is 14.8 Å². The van der Waals surface area contributed by atoms with Crippen molar-refractivity contribution in [3.63, 3.8) is 0 Å². The van der Waals surface area contributed by atoms with Crippen LogP contribution in [0.25, 0.3) is 0 Å². The van der Waals surface area contributed by atoms with Crippen molar-refractivity contribution in [3.05, 3.63) is 11.6 Å². The molecule has 1 aromatic heterocycles. The molecule has 0 saturated carbocycles. The summed E-state index contributed by atoms with van der Waals surface area (Å²) in [6, 6.07) is 0. The molecule has 3 rings (SSSR count). The summed E-state index contributed by atoms with van der Waals surface area (Å²) < 4.78 is 25.5. The van der Waals surface area contributed by atoms with Crippen molar-refractivity contribution in [3.8, 4) is 0 Å². The van der Waals surface area contributed by atoms with E-state index in [1.807, 2.05) is 0 Å². The molecule has 0 aromatic carbocycles. The summed E-state index contributed by atoms with van der Waals surface area (Å²) in [5, 5.41) is 13.0. The first-order valence-corrected chi connectivity index (χ1v) is 8.08. The molecule has 0 bridgehead atoms. The molecular formula is C11H17N3O3S. The Morgan fingerprint density at radius 3 is 2.89 bits per heavy atom. The fourth-order valence-electron chi connectivity index (χ4n) is 2.76. The first kappa shape index (κ1) is 12.1. The molecule has 1 fully saturated rings. The number of rotatable bonds is 2. The summed E-state index contributed by atoms with van der Waals surface area (Å²) in [6.45, 7) is 0.879. The number of sulfone groups is 1. The first-order valence-electron chi connectivity index (χ1n) is 6.36. The highest BCUT2D eigenvalue weighted by Crippen LogP contribution is 2.33. The Morgan fingerprint density at radius 2 is 2.22 bits per heavy atom. The number of aliphatic hydroxyl groups excluding tert-OH is 1. The molecule has 2 aliphatic heterocycles. The van der Waals surface area contributed by atoms with Crippen LogP contribution in [0.3, 0.4) is 0 Å². The monoisotopic (exact) mass is 271 g/mol. The molecule has 18 heavy (non-hydrogen) atoms. The molecule has 0 spiro atoms. The second-order valence-corrected chi connectivity index (χ2v) is 7.45. The molecule has 0 amide bonds. The summed E-state index contributed by atoms with van der Waals surface area (Å²) in [4.78, 5) is 4.39. The van der Waals surface area contributed by atoms with Crippen LogP contribution in [-0.4, -0.2) is 40.6 Å². The minimum absolute atomic E-state index is 0.157. The van der Waals surface area contributed by atoms with Crippen LogP contribution in [0.15, 0.2) is 0 Å². The first-order chi connectivity index (χ1) is 8.60. The lowest BCUT2D eigenvalue weighted by Crippen LogP contribution is -2.22. The molecule has 6 nitrogen and oxygen atoms in total. The van der Waals surface area contributed by atoms with Crippen LogP contribution >= 0.6 is 0 Å². The molecule has 1 N–H and O–H groups in total. The molecule has 100 valence electrons. The van der Waals surface area contributed by atoms with Gasteiger partial charge < -0.3 is 5.11 Å². The van der Waals surface area contributed by atoms with Gasteiger partial charge in [-0.3, -0.25) is 0 Å². The Labute approximate surface area is 106 Å². The average molecular weight is 271 g/mol. The van der Waals surface area contributed by atoms with Crippen LogP contribution in [-0.2, 0) is 22.8 Å². The van der Waals surface area contributed by atoms with Gasteiger partial charge in [0.05, 0.1) is 5.75 Å². The standard InChI is InChI=1S/C11H17N3O3S/c15-7-8-3-4-14-10(6-8)12-11(13-14)9-2-1-5-18(9,16)17/h8-9,15H,1-7H2. The SMILES string of the molecule is O=S1(=O)CCCC1c1nc2n(n1)CCC(CO)C2. The Morgan fingerprint density at radius 1 is 1.39 bits per heavy atom. The highest BCUT2D eigenvalue weighted by molar-refractivity contribution is 7.91.